The van der Waals surface area contributed by atoms with Crippen molar-refractivity contribution in [3.05, 3.63) is 53.6 Å². The number of hydrogen-bond donors (Lipinski definition) is 2. The molecule has 0 aliphatic heterocycles. The molecule has 2 aromatic carbocycles. The fourth-order valence-electron chi connectivity index (χ4n) is 3.23. The number of aliphatic hydroxyl groups is 2. The smallest absolute Gasteiger partial charge is 0.295 e. The van der Waals surface area contributed by atoms with Crippen LogP contribution in [-0.2, 0) is 10.4 Å². The van der Waals surface area contributed by atoms with Crippen LogP contribution in [0.2, 0.25) is 0 Å². The molecule has 3 rings (SSSR count). The fraction of sp³-hybridized carbons (Fsp3) is 0.316. The van der Waals surface area contributed by atoms with Gasteiger partial charge in [-0.05, 0) is 23.3 Å². The van der Waals surface area contributed by atoms with Crippen molar-refractivity contribution in [3.8, 4) is 16.9 Å². The molecule has 0 bridgehead atoms. The summed E-state index contributed by atoms with van der Waals surface area (Å²) in [5.41, 5.74) is -4.67. The Kier molecular flexibility index (Phi) is 5.21. The number of alkyl halides is 2. The predicted octanol–water partition coefficient (Wildman–Crippen LogP) is 2.20. The minimum atomic E-state index is -3.49. The van der Waals surface area contributed by atoms with Gasteiger partial charge in [0.05, 0.1) is 6.54 Å². The Balaban J connectivity index is 1.90. The zero-order valence-corrected chi connectivity index (χ0v) is 15.8. The zero-order chi connectivity index (χ0) is 19.8. The first-order chi connectivity index (χ1) is 12.7. The summed E-state index contributed by atoms with van der Waals surface area (Å²) in [4.78, 5) is 12.6. The van der Waals surface area contributed by atoms with Crippen LogP contribution in [0, 0.1) is 0 Å². The normalized spacial score (nSPS) is 18.0. The lowest BCUT2D eigenvalue weighted by Gasteiger charge is -2.31. The zero-order valence-electron chi connectivity index (χ0n) is 14.7. The third kappa shape index (κ3) is 3.31. The number of aliphatic hydroxyl groups excluding tert-OH is 1. The van der Waals surface area contributed by atoms with Crippen molar-refractivity contribution in [2.45, 2.75) is 11.3 Å². The van der Waals surface area contributed by atoms with Gasteiger partial charge in [0.2, 0.25) is 5.91 Å². The van der Waals surface area contributed by atoms with E-state index in [9.17, 15) is 18.7 Å². The first kappa shape index (κ1) is 19.7. The molecule has 27 heavy (non-hydrogen) atoms. The maximum absolute atomic E-state index is 14.4. The van der Waals surface area contributed by atoms with Crippen LogP contribution in [-0.4, -0.2) is 53.5 Å². The summed E-state index contributed by atoms with van der Waals surface area (Å²) < 4.78 is 34.3. The van der Waals surface area contributed by atoms with Gasteiger partial charge in [-0.15, -0.1) is 0 Å². The number of rotatable bonds is 6. The third-order valence-corrected chi connectivity index (χ3v) is 5.14. The number of carbonyl (C=O) groups excluding carboxylic acids is 1. The first-order valence-corrected chi connectivity index (χ1v) is 8.89. The highest BCUT2D eigenvalue weighted by atomic mass is 31.0. The number of hydrogen-bond acceptors (Lipinski definition) is 4. The molecule has 2 N–H and O–H groups in total. The van der Waals surface area contributed by atoms with Crippen LogP contribution < -0.4 is 4.74 Å². The van der Waals surface area contributed by atoms with Crippen LogP contribution in [0.4, 0.5) is 8.78 Å². The van der Waals surface area contributed by atoms with E-state index in [2.05, 4.69) is 0 Å². The number of benzene rings is 2. The highest BCUT2D eigenvalue weighted by molar-refractivity contribution is 7.18. The topological polar surface area (TPSA) is 70.0 Å². The van der Waals surface area contributed by atoms with Crippen molar-refractivity contribution in [3.63, 3.8) is 0 Å². The van der Waals surface area contributed by atoms with Crippen molar-refractivity contribution in [1.29, 1.82) is 0 Å². The Bertz CT molecular complexity index is 871. The summed E-state index contributed by atoms with van der Waals surface area (Å²) in [6.07, 6.45) is 0. The average Bonchev–Trinajstić information content (AvgIpc) is 2.91. The Hall–Kier alpha value is -2.08. The number of amides is 1. The van der Waals surface area contributed by atoms with E-state index in [0.29, 0.717) is 16.9 Å². The second-order valence-electron chi connectivity index (χ2n) is 6.41. The summed E-state index contributed by atoms with van der Waals surface area (Å²) in [7, 11) is 2.94. The van der Waals surface area contributed by atoms with Crippen LogP contribution in [0.25, 0.3) is 11.1 Å². The molecule has 2 unspecified atom stereocenters. The second-order valence-corrected chi connectivity index (χ2v) is 7.13. The quantitative estimate of drug-likeness (QED) is 0.736. The molecule has 8 heteroatoms. The summed E-state index contributed by atoms with van der Waals surface area (Å²) in [5, 5.41) is 19.8. The molecule has 0 fully saturated rings. The Morgan fingerprint density at radius 2 is 1.89 bits per heavy atom. The van der Waals surface area contributed by atoms with Crippen molar-refractivity contribution in [1.82, 2.24) is 4.90 Å². The largest absolute Gasteiger partial charge is 0.492 e. The maximum atomic E-state index is 14.4. The number of halogens is 2. The van der Waals surface area contributed by atoms with Crippen LogP contribution >= 0.6 is 9.24 Å². The number of nitrogens with zero attached hydrogens (tertiary/aromatic N) is 1. The molecule has 0 saturated heterocycles. The van der Waals surface area contributed by atoms with Gasteiger partial charge < -0.3 is 19.8 Å². The van der Waals surface area contributed by atoms with E-state index in [1.807, 2.05) is 0 Å². The van der Waals surface area contributed by atoms with E-state index < -0.39 is 23.8 Å². The molecule has 5 nitrogen and oxygen atoms in total. The van der Waals surface area contributed by atoms with Gasteiger partial charge >= 0.3 is 0 Å². The average molecular weight is 395 g/mol. The molecule has 2 aromatic rings. The monoisotopic (exact) mass is 395 g/mol. The lowest BCUT2D eigenvalue weighted by atomic mass is 9.91. The van der Waals surface area contributed by atoms with Gasteiger partial charge in [0, 0.05) is 18.2 Å². The molecule has 0 aromatic heterocycles. The molecule has 1 amide bonds. The Morgan fingerprint density at radius 1 is 1.22 bits per heavy atom. The lowest BCUT2D eigenvalue weighted by molar-refractivity contribution is -0.133. The number of fused-ring (bicyclic) bond motifs is 3. The summed E-state index contributed by atoms with van der Waals surface area (Å²) in [5.74, 6) is -0.140. The molecule has 1 aliphatic carbocycles. The van der Waals surface area contributed by atoms with Crippen molar-refractivity contribution >= 4 is 15.1 Å². The molecule has 144 valence electrons. The number of carbonyl (C=O) groups is 1. The molecule has 0 spiro atoms. The molecule has 0 heterocycles. The van der Waals surface area contributed by atoms with Crippen LogP contribution in [0.5, 0.6) is 5.75 Å². The van der Waals surface area contributed by atoms with E-state index in [1.54, 1.807) is 30.3 Å². The minimum Gasteiger partial charge on any atom is -0.492 e. The van der Waals surface area contributed by atoms with E-state index in [4.69, 9.17) is 9.84 Å². The van der Waals surface area contributed by atoms with Gasteiger partial charge in [-0.2, -0.15) is 8.78 Å². The highest BCUT2D eigenvalue weighted by Gasteiger charge is 2.56. The van der Waals surface area contributed by atoms with E-state index in [1.165, 1.54) is 33.3 Å². The molecular weight excluding hydrogens is 375 g/mol. The summed E-state index contributed by atoms with van der Waals surface area (Å²) in [6.45, 7) is -0.256. The van der Waals surface area contributed by atoms with Gasteiger partial charge in [-0.1, -0.05) is 39.6 Å². The van der Waals surface area contributed by atoms with Crippen molar-refractivity contribution in [2.75, 3.05) is 26.8 Å². The van der Waals surface area contributed by atoms with Crippen LogP contribution in [0.15, 0.2) is 42.5 Å². The Morgan fingerprint density at radius 3 is 2.56 bits per heavy atom. The van der Waals surface area contributed by atoms with Crippen LogP contribution in [0.3, 0.4) is 0 Å². The second kappa shape index (κ2) is 7.15. The highest BCUT2D eigenvalue weighted by Crippen LogP contribution is 2.57. The fourth-order valence-corrected chi connectivity index (χ4v) is 3.54. The minimum absolute atomic E-state index is 0.0704. The van der Waals surface area contributed by atoms with Gasteiger partial charge in [-0.25, -0.2) is 0 Å². The van der Waals surface area contributed by atoms with E-state index in [0.717, 1.165) is 0 Å². The van der Waals surface area contributed by atoms with Gasteiger partial charge in [0.15, 0.2) is 5.60 Å². The summed E-state index contributed by atoms with van der Waals surface area (Å²) in [6, 6.07) is 11.2. The standard InChI is InChI=1S/C19H20F2NO4P/c1-22(17(24)11-23)8-9-26-12-6-7-14-13-4-2-3-5-15(13)18(25,16(14)10-12)19(20,21)27/h2-7,10,23,25H,8-9,11,27H2,1H3. The van der Waals surface area contributed by atoms with Crippen LogP contribution in [0.1, 0.15) is 11.1 Å². The molecule has 0 saturated carbocycles. The van der Waals surface area contributed by atoms with Gasteiger partial charge in [0.25, 0.3) is 5.66 Å². The molecular formula is C19H20F2NO4P. The lowest BCUT2D eigenvalue weighted by Crippen LogP contribution is -2.40. The third-order valence-electron chi connectivity index (χ3n) is 4.73. The van der Waals surface area contributed by atoms with Gasteiger partial charge in [-0.3, -0.25) is 4.79 Å². The SMILES string of the molecule is CN(CCOc1ccc2c(c1)C(O)(C(F)(F)P)c1ccccc1-2)C(=O)CO. The molecule has 2 atom stereocenters. The van der Waals surface area contributed by atoms with E-state index >= 15 is 0 Å². The van der Waals surface area contributed by atoms with Crippen molar-refractivity contribution < 1.29 is 28.5 Å². The molecule has 1 aliphatic rings. The van der Waals surface area contributed by atoms with E-state index in [-0.39, 0.29) is 24.3 Å². The summed E-state index contributed by atoms with van der Waals surface area (Å²) >= 11 is 0. The molecule has 0 radical (unpaired) electrons. The van der Waals surface area contributed by atoms with Crippen molar-refractivity contribution in [2.24, 2.45) is 0 Å². The predicted molar refractivity (Wildman–Crippen MR) is 99.8 cm³/mol. The number of likely N-dealkylation sites (N-methyl/N-ethyl adjacent to an activating group) is 1. The van der Waals surface area contributed by atoms with Gasteiger partial charge in [0.1, 0.15) is 19.0 Å². The number of ether oxygens (including phenoxy) is 1. The first-order valence-electron chi connectivity index (χ1n) is 8.31. The maximum Gasteiger partial charge on any atom is 0.295 e. The Labute approximate surface area is 157 Å².